The van der Waals surface area contributed by atoms with Crippen LogP contribution >= 0.6 is 0 Å². The van der Waals surface area contributed by atoms with E-state index in [9.17, 15) is 8.42 Å². The van der Waals surface area contributed by atoms with Gasteiger partial charge < -0.3 is 10.7 Å². The minimum Gasteiger partial charge on any atom is -0.383 e. The maximum Gasteiger partial charge on any atom is 0.267 e. The van der Waals surface area contributed by atoms with Crippen LogP contribution in [0.2, 0.25) is 0 Å². The predicted molar refractivity (Wildman–Crippen MR) is 58.0 cm³/mol. The molecule has 0 amide bonds. The molecule has 0 atom stereocenters. The number of rotatable bonds is 3. The molecule has 0 aliphatic heterocycles. The second-order valence-corrected chi connectivity index (χ2v) is 4.58. The van der Waals surface area contributed by atoms with Crippen LogP contribution in [0.1, 0.15) is 0 Å². The number of nitrogens with zero attached hydrogens (tertiary/aromatic N) is 2. The van der Waals surface area contributed by atoms with E-state index in [1.165, 1.54) is 30.7 Å². The summed E-state index contributed by atoms with van der Waals surface area (Å²) in [6.45, 7) is 0. The Morgan fingerprint density at radius 3 is 2.75 bits per heavy atom. The normalized spacial score (nSPS) is 11.2. The summed E-state index contributed by atoms with van der Waals surface area (Å²) >= 11 is 0. The quantitative estimate of drug-likeness (QED) is 0.707. The average molecular weight is 239 g/mol. The van der Waals surface area contributed by atoms with Gasteiger partial charge in [-0.3, -0.25) is 0 Å². The van der Waals surface area contributed by atoms with Crippen molar-refractivity contribution in [1.29, 1.82) is 0 Å². The first-order valence-electron chi connectivity index (χ1n) is 4.32. The summed E-state index contributed by atoms with van der Waals surface area (Å²) in [6.07, 6.45) is 4.36. The fraction of sp³-hybridized carbons (Fsp3) is 0. The van der Waals surface area contributed by atoms with E-state index in [-0.39, 0.29) is 16.7 Å². The summed E-state index contributed by atoms with van der Waals surface area (Å²) in [4.78, 5) is 9.99. The zero-order chi connectivity index (χ0) is 11.6. The van der Waals surface area contributed by atoms with Gasteiger partial charge in [0.25, 0.3) is 10.0 Å². The van der Waals surface area contributed by atoms with Gasteiger partial charge in [-0.15, -0.1) is 0 Å². The third kappa shape index (κ3) is 1.96. The van der Waals surface area contributed by atoms with Crippen LogP contribution in [0.3, 0.4) is 0 Å². The van der Waals surface area contributed by atoms with Gasteiger partial charge in [-0.1, -0.05) is 0 Å². The van der Waals surface area contributed by atoms with Crippen LogP contribution in [0.25, 0.3) is 0 Å². The monoisotopic (exact) mass is 239 g/mol. The number of aromatic amines is 1. The highest BCUT2D eigenvalue weighted by Gasteiger charge is 2.18. The number of imidazole rings is 1. The zero-order valence-electron chi connectivity index (χ0n) is 8.08. The molecule has 0 fully saturated rings. The van der Waals surface area contributed by atoms with Crippen LogP contribution in [0.4, 0.5) is 11.8 Å². The van der Waals surface area contributed by atoms with E-state index in [0.29, 0.717) is 0 Å². The van der Waals surface area contributed by atoms with Crippen molar-refractivity contribution in [1.82, 2.24) is 15.0 Å². The molecule has 0 aromatic carbocycles. The molecule has 2 aromatic rings. The smallest absolute Gasteiger partial charge is 0.267 e. The highest BCUT2D eigenvalue weighted by Crippen LogP contribution is 2.16. The molecule has 0 aliphatic rings. The third-order valence-electron chi connectivity index (χ3n) is 1.82. The van der Waals surface area contributed by atoms with Gasteiger partial charge in [0.1, 0.15) is 10.7 Å². The number of aromatic nitrogens is 3. The Bertz CT molecular complexity index is 578. The molecule has 0 saturated carbocycles. The fourth-order valence-corrected chi connectivity index (χ4v) is 2.20. The lowest BCUT2D eigenvalue weighted by molar-refractivity contribution is 0.601. The van der Waals surface area contributed by atoms with Gasteiger partial charge in [0, 0.05) is 18.6 Å². The highest BCUT2D eigenvalue weighted by molar-refractivity contribution is 7.92. The Labute approximate surface area is 91.8 Å². The Hall–Kier alpha value is -2.09. The maximum absolute atomic E-state index is 11.8. The molecule has 7 nitrogen and oxygen atoms in total. The number of nitrogens with two attached hydrogens (primary N) is 1. The first-order chi connectivity index (χ1) is 7.59. The number of H-pyrrole nitrogens is 1. The molecule has 0 unspecified atom stereocenters. The number of anilines is 2. The van der Waals surface area contributed by atoms with Gasteiger partial charge in [-0.25, -0.2) is 23.1 Å². The van der Waals surface area contributed by atoms with Crippen molar-refractivity contribution in [3.8, 4) is 0 Å². The molecule has 0 aliphatic carbocycles. The molecular formula is C8H9N5O2S. The van der Waals surface area contributed by atoms with Gasteiger partial charge in [-0.2, -0.15) is 0 Å². The van der Waals surface area contributed by atoms with Crippen molar-refractivity contribution >= 4 is 21.8 Å². The predicted octanol–water partition coefficient (Wildman–Crippen LogP) is 0.188. The number of nitrogens with one attached hydrogen (secondary N) is 2. The van der Waals surface area contributed by atoms with E-state index in [2.05, 4.69) is 19.7 Å². The van der Waals surface area contributed by atoms with Crippen molar-refractivity contribution in [2.75, 3.05) is 10.5 Å². The van der Waals surface area contributed by atoms with Crippen molar-refractivity contribution in [3.63, 3.8) is 0 Å². The summed E-state index contributed by atoms with van der Waals surface area (Å²) in [6, 6.07) is 2.86. The molecule has 2 aromatic heterocycles. The van der Waals surface area contributed by atoms with Crippen molar-refractivity contribution < 1.29 is 8.42 Å². The minimum absolute atomic E-state index is 0.0541. The second-order valence-electron chi connectivity index (χ2n) is 2.93. The first kappa shape index (κ1) is 10.4. The topological polar surface area (TPSA) is 114 Å². The Kier molecular flexibility index (Phi) is 2.49. The van der Waals surface area contributed by atoms with E-state index >= 15 is 0 Å². The Balaban J connectivity index is 2.37. The molecule has 2 rings (SSSR count). The maximum atomic E-state index is 11.8. The van der Waals surface area contributed by atoms with E-state index in [4.69, 9.17) is 5.73 Å². The number of pyridine rings is 1. The van der Waals surface area contributed by atoms with Crippen LogP contribution < -0.4 is 10.5 Å². The number of nitrogen functional groups attached to an aromatic ring is 1. The summed E-state index contributed by atoms with van der Waals surface area (Å²) in [5, 5.41) is 0. The van der Waals surface area contributed by atoms with Crippen molar-refractivity contribution in [2.24, 2.45) is 0 Å². The lowest BCUT2D eigenvalue weighted by Gasteiger charge is -2.06. The van der Waals surface area contributed by atoms with Crippen LogP contribution in [-0.2, 0) is 10.0 Å². The van der Waals surface area contributed by atoms with E-state index in [1.807, 2.05) is 0 Å². The molecule has 0 radical (unpaired) electrons. The van der Waals surface area contributed by atoms with Crippen molar-refractivity contribution in [3.05, 3.63) is 30.7 Å². The first-order valence-corrected chi connectivity index (χ1v) is 5.80. The SMILES string of the molecule is Nc1ncccc1S(=O)(=O)Nc1ncc[nH]1. The molecule has 0 spiro atoms. The molecule has 2 heterocycles. The van der Waals surface area contributed by atoms with Crippen molar-refractivity contribution in [2.45, 2.75) is 4.90 Å². The highest BCUT2D eigenvalue weighted by atomic mass is 32.2. The lowest BCUT2D eigenvalue weighted by atomic mass is 10.5. The number of hydrogen-bond donors (Lipinski definition) is 3. The molecular weight excluding hydrogens is 230 g/mol. The van der Waals surface area contributed by atoms with Gasteiger partial charge >= 0.3 is 0 Å². The Morgan fingerprint density at radius 2 is 2.12 bits per heavy atom. The van der Waals surface area contributed by atoms with Crippen LogP contribution in [-0.4, -0.2) is 23.4 Å². The van der Waals surface area contributed by atoms with Gasteiger partial charge in [0.05, 0.1) is 0 Å². The molecule has 0 saturated heterocycles. The Morgan fingerprint density at radius 1 is 1.31 bits per heavy atom. The molecule has 0 bridgehead atoms. The summed E-state index contributed by atoms with van der Waals surface area (Å²) < 4.78 is 25.9. The van der Waals surface area contributed by atoms with Crippen LogP contribution in [0, 0.1) is 0 Å². The summed E-state index contributed by atoms with van der Waals surface area (Å²) in [5.41, 5.74) is 5.47. The largest absolute Gasteiger partial charge is 0.383 e. The van der Waals surface area contributed by atoms with E-state index in [1.54, 1.807) is 0 Å². The number of sulfonamides is 1. The van der Waals surface area contributed by atoms with Gasteiger partial charge in [0.2, 0.25) is 5.95 Å². The zero-order valence-corrected chi connectivity index (χ0v) is 8.90. The standard InChI is InChI=1S/C8H9N5O2S/c9-7-6(2-1-3-10-7)16(14,15)13-8-11-4-5-12-8/h1-5H,(H2,9,10)(H2,11,12,13). The second kappa shape index (κ2) is 3.81. The molecule has 8 heteroatoms. The molecule has 16 heavy (non-hydrogen) atoms. The molecule has 4 N–H and O–H groups in total. The number of hydrogen-bond acceptors (Lipinski definition) is 5. The summed E-state index contributed by atoms with van der Waals surface area (Å²) in [7, 11) is -3.75. The van der Waals surface area contributed by atoms with Crippen LogP contribution in [0.5, 0.6) is 0 Å². The summed E-state index contributed by atoms with van der Waals surface area (Å²) in [5.74, 6) is 0.0739. The minimum atomic E-state index is -3.75. The van der Waals surface area contributed by atoms with Crippen LogP contribution in [0.15, 0.2) is 35.6 Å². The molecule has 84 valence electrons. The average Bonchev–Trinajstić information content (AvgIpc) is 2.70. The fourth-order valence-electron chi connectivity index (χ4n) is 1.13. The van der Waals surface area contributed by atoms with E-state index in [0.717, 1.165) is 0 Å². The van der Waals surface area contributed by atoms with E-state index < -0.39 is 10.0 Å². The lowest BCUT2D eigenvalue weighted by Crippen LogP contribution is -2.16. The van der Waals surface area contributed by atoms with Gasteiger partial charge in [0.15, 0.2) is 0 Å². The van der Waals surface area contributed by atoms with Gasteiger partial charge in [-0.05, 0) is 12.1 Å². The third-order valence-corrected chi connectivity index (χ3v) is 3.20.